The first-order chi connectivity index (χ1) is 11.3. The van der Waals surface area contributed by atoms with Gasteiger partial charge in [0.1, 0.15) is 11.6 Å². The van der Waals surface area contributed by atoms with Gasteiger partial charge >= 0.3 is 6.09 Å². The summed E-state index contributed by atoms with van der Waals surface area (Å²) in [5.74, 6) is -0.0648. The Balaban J connectivity index is 1.89. The van der Waals surface area contributed by atoms with Gasteiger partial charge in [-0.1, -0.05) is 30.3 Å². The van der Waals surface area contributed by atoms with Crippen LogP contribution in [0.25, 0.3) is 0 Å². The molecule has 1 aliphatic heterocycles. The lowest BCUT2D eigenvalue weighted by atomic mass is 10.0. The van der Waals surface area contributed by atoms with E-state index >= 15 is 0 Å². The molecule has 1 aromatic carbocycles. The molecule has 0 aromatic heterocycles. The molecule has 0 bridgehead atoms. The number of rotatable bonds is 5. The first kappa shape index (κ1) is 18.3. The molecule has 0 unspecified atom stereocenters. The maximum atomic E-state index is 11.9. The SMILES string of the molecule is CC(C)(C)OC(=O)NC[C@H]1CCN([C@H](C(N)=O)c2ccccc2)C1. The molecule has 1 fully saturated rings. The third-order valence-corrected chi connectivity index (χ3v) is 4.00. The van der Waals surface area contributed by atoms with Gasteiger partial charge in [-0.25, -0.2) is 4.79 Å². The third-order valence-electron chi connectivity index (χ3n) is 4.00. The number of hydrogen-bond donors (Lipinski definition) is 2. The molecule has 0 saturated carbocycles. The second-order valence-corrected chi connectivity index (χ2v) is 7.25. The highest BCUT2D eigenvalue weighted by Crippen LogP contribution is 2.27. The number of hydrogen-bond acceptors (Lipinski definition) is 4. The van der Waals surface area contributed by atoms with Crippen LogP contribution in [0.15, 0.2) is 30.3 Å². The second kappa shape index (κ2) is 7.66. The van der Waals surface area contributed by atoms with Crippen molar-refractivity contribution in [1.29, 1.82) is 0 Å². The maximum absolute atomic E-state index is 11.9. The van der Waals surface area contributed by atoms with E-state index in [4.69, 9.17) is 10.5 Å². The first-order valence-electron chi connectivity index (χ1n) is 8.31. The number of ether oxygens (including phenoxy) is 1. The summed E-state index contributed by atoms with van der Waals surface area (Å²) >= 11 is 0. The number of carbonyl (C=O) groups excluding carboxylic acids is 2. The molecule has 24 heavy (non-hydrogen) atoms. The van der Waals surface area contributed by atoms with Gasteiger partial charge in [-0.05, 0) is 45.2 Å². The molecule has 1 heterocycles. The number of alkyl carbamates (subject to hydrolysis) is 1. The second-order valence-electron chi connectivity index (χ2n) is 7.25. The zero-order valence-corrected chi connectivity index (χ0v) is 14.6. The summed E-state index contributed by atoms with van der Waals surface area (Å²) in [5.41, 5.74) is 6.02. The van der Waals surface area contributed by atoms with E-state index in [1.54, 1.807) is 0 Å². The molecule has 2 rings (SSSR count). The van der Waals surface area contributed by atoms with Gasteiger partial charge in [0.15, 0.2) is 0 Å². The van der Waals surface area contributed by atoms with Crippen LogP contribution in [0.3, 0.4) is 0 Å². The molecule has 6 nitrogen and oxygen atoms in total. The zero-order valence-electron chi connectivity index (χ0n) is 14.6. The van der Waals surface area contributed by atoms with E-state index in [-0.39, 0.29) is 11.8 Å². The number of nitrogens with one attached hydrogen (secondary N) is 1. The predicted octanol–water partition coefficient (Wildman–Crippen LogP) is 2.06. The lowest BCUT2D eigenvalue weighted by Gasteiger charge is -2.25. The van der Waals surface area contributed by atoms with Crippen molar-refractivity contribution in [2.45, 2.75) is 38.8 Å². The molecule has 2 amide bonds. The number of benzene rings is 1. The molecule has 0 aliphatic carbocycles. The fourth-order valence-corrected chi connectivity index (χ4v) is 3.00. The topological polar surface area (TPSA) is 84.7 Å². The zero-order chi connectivity index (χ0) is 17.7. The quantitative estimate of drug-likeness (QED) is 0.864. The lowest BCUT2D eigenvalue weighted by molar-refractivity contribution is -0.123. The van der Waals surface area contributed by atoms with Crippen molar-refractivity contribution in [2.75, 3.05) is 19.6 Å². The number of primary amides is 1. The summed E-state index contributed by atoms with van der Waals surface area (Å²) in [5, 5.41) is 2.81. The Labute approximate surface area is 143 Å². The largest absolute Gasteiger partial charge is 0.444 e. The van der Waals surface area contributed by atoms with Crippen LogP contribution in [0.1, 0.15) is 38.8 Å². The Morgan fingerprint density at radius 2 is 2.00 bits per heavy atom. The van der Waals surface area contributed by atoms with Crippen molar-refractivity contribution >= 4 is 12.0 Å². The van der Waals surface area contributed by atoms with Crippen molar-refractivity contribution in [1.82, 2.24) is 10.2 Å². The molecular formula is C18H27N3O3. The van der Waals surface area contributed by atoms with E-state index in [1.807, 2.05) is 51.1 Å². The van der Waals surface area contributed by atoms with Crippen LogP contribution in [-0.4, -0.2) is 42.1 Å². The molecule has 0 radical (unpaired) electrons. The smallest absolute Gasteiger partial charge is 0.407 e. The third kappa shape index (κ3) is 5.23. The van der Waals surface area contributed by atoms with Crippen LogP contribution in [0, 0.1) is 5.92 Å². The summed E-state index contributed by atoms with van der Waals surface area (Å²) in [6, 6.07) is 9.14. The molecular weight excluding hydrogens is 306 g/mol. The number of carbonyl (C=O) groups is 2. The standard InChI is InChI=1S/C18H27N3O3/c1-18(2,3)24-17(23)20-11-13-9-10-21(12-13)15(16(19)22)14-7-5-4-6-8-14/h4-8,13,15H,9-12H2,1-3H3,(H2,19,22)(H,20,23)/t13-,15+/m1/s1. The normalized spacial score (nSPS) is 19.7. The highest BCUT2D eigenvalue weighted by atomic mass is 16.6. The minimum absolute atomic E-state index is 0.281. The van der Waals surface area contributed by atoms with Gasteiger partial charge in [-0.3, -0.25) is 9.69 Å². The summed E-state index contributed by atoms with van der Waals surface area (Å²) < 4.78 is 5.24. The summed E-state index contributed by atoms with van der Waals surface area (Å²) in [7, 11) is 0. The minimum atomic E-state index is -0.504. The maximum Gasteiger partial charge on any atom is 0.407 e. The molecule has 2 atom stereocenters. The fourth-order valence-electron chi connectivity index (χ4n) is 3.00. The predicted molar refractivity (Wildman–Crippen MR) is 92.3 cm³/mol. The van der Waals surface area contributed by atoms with Gasteiger partial charge in [0, 0.05) is 13.1 Å². The van der Waals surface area contributed by atoms with Crippen molar-refractivity contribution in [2.24, 2.45) is 11.7 Å². The highest BCUT2D eigenvalue weighted by molar-refractivity contribution is 5.81. The Bertz CT molecular complexity index is 569. The molecule has 3 N–H and O–H groups in total. The van der Waals surface area contributed by atoms with Gasteiger partial charge in [-0.2, -0.15) is 0 Å². The van der Waals surface area contributed by atoms with Gasteiger partial charge in [0.2, 0.25) is 5.91 Å². The monoisotopic (exact) mass is 333 g/mol. The number of nitrogens with two attached hydrogens (primary N) is 1. The molecule has 0 spiro atoms. The minimum Gasteiger partial charge on any atom is -0.444 e. The average molecular weight is 333 g/mol. The van der Waals surface area contributed by atoms with E-state index in [1.165, 1.54) is 0 Å². The Morgan fingerprint density at radius 1 is 1.33 bits per heavy atom. The lowest BCUT2D eigenvalue weighted by Crippen LogP contribution is -2.38. The van der Waals surface area contributed by atoms with Gasteiger partial charge in [0.05, 0.1) is 0 Å². The molecule has 1 aromatic rings. The van der Waals surface area contributed by atoms with Crippen LogP contribution in [-0.2, 0) is 9.53 Å². The number of nitrogens with zero attached hydrogens (tertiary/aromatic N) is 1. The Hall–Kier alpha value is -2.08. The van der Waals surface area contributed by atoms with Crippen LogP contribution >= 0.6 is 0 Å². The molecule has 132 valence electrons. The van der Waals surface area contributed by atoms with Crippen LogP contribution in [0.5, 0.6) is 0 Å². The van der Waals surface area contributed by atoms with E-state index in [9.17, 15) is 9.59 Å². The molecule has 6 heteroatoms. The summed E-state index contributed by atoms with van der Waals surface area (Å²) in [6.45, 7) is 7.54. The van der Waals surface area contributed by atoms with Crippen molar-refractivity contribution in [3.05, 3.63) is 35.9 Å². The van der Waals surface area contributed by atoms with Crippen LogP contribution < -0.4 is 11.1 Å². The van der Waals surface area contributed by atoms with Crippen molar-refractivity contribution in [3.8, 4) is 0 Å². The van der Waals surface area contributed by atoms with Crippen LogP contribution in [0.4, 0.5) is 4.79 Å². The van der Waals surface area contributed by atoms with Gasteiger partial charge in [-0.15, -0.1) is 0 Å². The van der Waals surface area contributed by atoms with Crippen molar-refractivity contribution < 1.29 is 14.3 Å². The van der Waals surface area contributed by atoms with E-state index in [0.29, 0.717) is 6.54 Å². The van der Waals surface area contributed by atoms with Gasteiger partial charge in [0.25, 0.3) is 0 Å². The van der Waals surface area contributed by atoms with E-state index < -0.39 is 17.7 Å². The van der Waals surface area contributed by atoms with Crippen molar-refractivity contribution in [3.63, 3.8) is 0 Å². The number of amides is 2. The number of likely N-dealkylation sites (tertiary alicyclic amines) is 1. The van der Waals surface area contributed by atoms with E-state index in [0.717, 1.165) is 25.1 Å². The Kier molecular flexibility index (Phi) is 5.83. The van der Waals surface area contributed by atoms with Gasteiger partial charge < -0.3 is 15.8 Å². The fraction of sp³-hybridized carbons (Fsp3) is 0.556. The summed E-state index contributed by atoms with van der Waals surface area (Å²) in [4.78, 5) is 25.7. The molecule has 1 aliphatic rings. The highest BCUT2D eigenvalue weighted by Gasteiger charge is 2.32. The summed E-state index contributed by atoms with van der Waals surface area (Å²) in [6.07, 6.45) is 0.502. The first-order valence-corrected chi connectivity index (χ1v) is 8.31. The average Bonchev–Trinajstić information content (AvgIpc) is 2.93. The molecule has 1 saturated heterocycles. The van der Waals surface area contributed by atoms with Crippen LogP contribution in [0.2, 0.25) is 0 Å². The van der Waals surface area contributed by atoms with E-state index in [2.05, 4.69) is 10.2 Å². The Morgan fingerprint density at radius 3 is 2.58 bits per heavy atom.